The maximum absolute atomic E-state index is 15.6. The van der Waals surface area contributed by atoms with Crippen LogP contribution in [-0.2, 0) is 17.1 Å². The number of ether oxygens (including phenoxy) is 2. The third kappa shape index (κ3) is 6.17. The summed E-state index contributed by atoms with van der Waals surface area (Å²) in [5, 5.41) is 9.37. The van der Waals surface area contributed by atoms with Crippen LogP contribution in [0.1, 0.15) is 68.7 Å². The highest BCUT2D eigenvalue weighted by Gasteiger charge is 2.51. The van der Waals surface area contributed by atoms with Crippen molar-refractivity contribution < 1.29 is 54.9 Å². The minimum Gasteiger partial charge on any atom is -0.496 e. The molecule has 0 bridgehead atoms. The van der Waals surface area contributed by atoms with E-state index in [4.69, 9.17) is 9.47 Å². The lowest BCUT2D eigenvalue weighted by molar-refractivity contribution is -0.138. The van der Waals surface area contributed by atoms with Crippen molar-refractivity contribution in [3.8, 4) is 28.0 Å². The molecule has 6 rings (SSSR count). The van der Waals surface area contributed by atoms with E-state index >= 15 is 4.39 Å². The lowest BCUT2D eigenvalue weighted by atomic mass is 9.88. The van der Waals surface area contributed by atoms with E-state index in [1.54, 1.807) is 6.92 Å². The van der Waals surface area contributed by atoms with Gasteiger partial charge in [-0.25, -0.2) is 14.0 Å². The Morgan fingerprint density at radius 2 is 1.53 bits per heavy atom. The fourth-order valence-corrected chi connectivity index (χ4v) is 6.88. The monoisotopic (exact) mass is 687 g/mol. The highest BCUT2D eigenvalue weighted by molar-refractivity contribution is 5.89. The van der Waals surface area contributed by atoms with Crippen molar-refractivity contribution in [3.63, 3.8) is 0 Å². The Labute approximate surface area is 275 Å². The second-order valence-electron chi connectivity index (χ2n) is 12.2. The summed E-state index contributed by atoms with van der Waals surface area (Å²) < 4.78 is 110. The van der Waals surface area contributed by atoms with Crippen LogP contribution in [0, 0.1) is 19.7 Å². The maximum atomic E-state index is 15.6. The molecule has 0 aromatic heterocycles. The predicted octanol–water partition coefficient (Wildman–Crippen LogP) is 9.92. The minimum absolute atomic E-state index is 0.0158. The molecule has 49 heavy (non-hydrogen) atoms. The van der Waals surface area contributed by atoms with Crippen molar-refractivity contribution in [1.29, 1.82) is 0 Å². The molecule has 4 aromatic rings. The first-order chi connectivity index (χ1) is 23.0. The number of cyclic esters (lactones) is 1. The SMILES string of the molecule is COc1cc(F)c(-c2ccc(C(=O)O)cc2C)cc1-c1ccc(C(F)(F)F)cc1C1CC[C@H]2[C@@H](c3cc(C)cc(C(F)(F)F)c3)OC(=O)N12. The summed E-state index contributed by atoms with van der Waals surface area (Å²) >= 11 is 0. The Balaban J connectivity index is 1.48. The lowest BCUT2D eigenvalue weighted by Crippen LogP contribution is -2.31. The minimum atomic E-state index is -4.77. The van der Waals surface area contributed by atoms with Crippen molar-refractivity contribution >= 4 is 12.1 Å². The zero-order chi connectivity index (χ0) is 35.6. The fourth-order valence-electron chi connectivity index (χ4n) is 6.88. The van der Waals surface area contributed by atoms with Gasteiger partial charge in [-0.15, -0.1) is 0 Å². The molecule has 0 saturated carbocycles. The third-order valence-electron chi connectivity index (χ3n) is 9.05. The molecule has 2 aliphatic heterocycles. The molecule has 0 spiro atoms. The smallest absolute Gasteiger partial charge is 0.416 e. The predicted molar refractivity (Wildman–Crippen MR) is 164 cm³/mol. The van der Waals surface area contributed by atoms with Crippen LogP contribution in [0.2, 0.25) is 0 Å². The number of methoxy groups -OCH3 is 1. The number of carboxylic acids is 1. The van der Waals surface area contributed by atoms with E-state index in [-0.39, 0.29) is 52.0 Å². The number of fused-ring (bicyclic) bond motifs is 1. The normalized spacial score (nSPS) is 19.2. The van der Waals surface area contributed by atoms with E-state index in [0.717, 1.165) is 30.3 Å². The van der Waals surface area contributed by atoms with Crippen LogP contribution in [0.3, 0.4) is 0 Å². The Kier molecular flexibility index (Phi) is 8.36. The van der Waals surface area contributed by atoms with Gasteiger partial charge in [0.15, 0.2) is 0 Å². The van der Waals surface area contributed by atoms with Crippen molar-refractivity contribution in [2.75, 3.05) is 7.11 Å². The van der Waals surface area contributed by atoms with Crippen LogP contribution in [0.5, 0.6) is 5.75 Å². The van der Waals surface area contributed by atoms with Crippen LogP contribution in [-0.4, -0.2) is 35.2 Å². The van der Waals surface area contributed by atoms with Crippen molar-refractivity contribution in [3.05, 3.63) is 111 Å². The number of aromatic carboxylic acids is 1. The Morgan fingerprint density at radius 3 is 2.16 bits per heavy atom. The first-order valence-electron chi connectivity index (χ1n) is 15.1. The average molecular weight is 688 g/mol. The molecule has 4 aromatic carbocycles. The van der Waals surface area contributed by atoms with E-state index in [1.807, 2.05) is 0 Å². The van der Waals surface area contributed by atoms with E-state index < -0.39 is 59.5 Å². The molecule has 1 unspecified atom stereocenters. The van der Waals surface area contributed by atoms with Crippen LogP contribution < -0.4 is 4.74 Å². The number of carbonyl (C=O) groups is 2. The van der Waals surface area contributed by atoms with Crippen molar-refractivity contribution in [2.45, 2.75) is 57.2 Å². The number of carbonyl (C=O) groups excluding carboxylic acids is 1. The quantitative estimate of drug-likeness (QED) is 0.204. The summed E-state index contributed by atoms with van der Waals surface area (Å²) in [6.45, 7) is 3.07. The first-order valence-corrected chi connectivity index (χ1v) is 15.1. The number of rotatable bonds is 6. The van der Waals surface area contributed by atoms with Crippen LogP contribution in [0.25, 0.3) is 22.3 Å². The molecule has 13 heteroatoms. The molecule has 6 nitrogen and oxygen atoms in total. The summed E-state index contributed by atoms with van der Waals surface area (Å²) in [4.78, 5) is 26.1. The van der Waals surface area contributed by atoms with Gasteiger partial charge in [-0.3, -0.25) is 4.90 Å². The zero-order valence-electron chi connectivity index (χ0n) is 26.2. The van der Waals surface area contributed by atoms with Gasteiger partial charge in [0.25, 0.3) is 0 Å². The Hall–Kier alpha value is -5.07. The van der Waals surface area contributed by atoms with E-state index in [2.05, 4.69) is 0 Å². The van der Waals surface area contributed by atoms with Gasteiger partial charge >= 0.3 is 24.4 Å². The number of alkyl halides is 6. The van der Waals surface area contributed by atoms with Gasteiger partial charge in [0.2, 0.25) is 0 Å². The number of aryl methyl sites for hydroxylation is 2. The molecule has 2 heterocycles. The summed E-state index contributed by atoms with van der Waals surface area (Å²) in [7, 11) is 1.26. The average Bonchev–Trinajstić information content (AvgIpc) is 3.60. The second-order valence-corrected chi connectivity index (χ2v) is 12.2. The number of carboxylic acid groups (broad SMARTS) is 1. The van der Waals surface area contributed by atoms with Crippen LogP contribution in [0.4, 0.5) is 35.5 Å². The molecule has 2 saturated heterocycles. The fraction of sp³-hybridized carbons (Fsp3) is 0.278. The van der Waals surface area contributed by atoms with E-state index in [9.17, 15) is 41.0 Å². The molecule has 256 valence electrons. The topological polar surface area (TPSA) is 76.1 Å². The molecule has 1 amide bonds. The Bertz CT molecular complexity index is 1990. The van der Waals surface area contributed by atoms with Gasteiger partial charge in [-0.1, -0.05) is 23.8 Å². The van der Waals surface area contributed by atoms with Crippen molar-refractivity contribution in [2.24, 2.45) is 0 Å². The number of benzene rings is 4. The summed E-state index contributed by atoms with van der Waals surface area (Å²) in [5.74, 6) is -1.93. The van der Waals surface area contributed by atoms with Gasteiger partial charge in [0.1, 0.15) is 17.7 Å². The standard InChI is InChI=1S/C36H28F7NO5/c1-17-10-20(13-22(11-17)36(41,42)43)32-30-9-8-29(44(30)34(47)49-32)26-14-21(35(38,39)40)5-7-24(26)27-15-25(28(37)16-31(27)48-3)23-6-4-19(33(45)46)12-18(23)2/h4-7,10-16,29-30,32H,8-9H2,1-3H3,(H,45,46)/t29?,30-,32+/m0/s1. The largest absolute Gasteiger partial charge is 0.496 e. The zero-order valence-corrected chi connectivity index (χ0v) is 26.2. The molecule has 1 N–H and O–H groups in total. The van der Waals surface area contributed by atoms with Gasteiger partial charge in [0.05, 0.1) is 35.9 Å². The van der Waals surface area contributed by atoms with Crippen molar-refractivity contribution in [1.82, 2.24) is 4.90 Å². The molecule has 0 radical (unpaired) electrons. The highest BCUT2D eigenvalue weighted by Crippen LogP contribution is 2.51. The number of amides is 1. The third-order valence-corrected chi connectivity index (χ3v) is 9.05. The molecule has 2 aliphatic rings. The first kappa shape index (κ1) is 33.8. The summed E-state index contributed by atoms with van der Waals surface area (Å²) in [6, 6.07) is 11.1. The number of hydrogen-bond acceptors (Lipinski definition) is 4. The molecular weight excluding hydrogens is 659 g/mol. The van der Waals surface area contributed by atoms with Gasteiger partial charge in [0, 0.05) is 17.2 Å². The highest BCUT2D eigenvalue weighted by atomic mass is 19.4. The van der Waals surface area contributed by atoms with E-state index in [0.29, 0.717) is 16.7 Å². The van der Waals surface area contributed by atoms with Gasteiger partial charge < -0.3 is 14.6 Å². The molecule has 2 fully saturated rings. The van der Waals surface area contributed by atoms with Crippen LogP contribution in [0.15, 0.2) is 66.7 Å². The summed E-state index contributed by atoms with van der Waals surface area (Å²) in [6.07, 6.45) is -11.0. The lowest BCUT2D eigenvalue weighted by Gasteiger charge is -2.26. The van der Waals surface area contributed by atoms with Gasteiger partial charge in [-0.2, -0.15) is 26.3 Å². The number of nitrogens with zero attached hydrogens (tertiary/aromatic N) is 1. The van der Waals surface area contributed by atoms with Gasteiger partial charge in [-0.05, 0) is 97.0 Å². The molecular formula is C36H28F7NO5. The maximum Gasteiger partial charge on any atom is 0.416 e. The number of halogens is 7. The second kappa shape index (κ2) is 12.1. The summed E-state index contributed by atoms with van der Waals surface area (Å²) in [5.41, 5.74) is -0.286. The van der Waals surface area contributed by atoms with Crippen LogP contribution >= 0.6 is 0 Å². The molecule has 0 aliphatic carbocycles. The Morgan fingerprint density at radius 1 is 0.837 bits per heavy atom. The number of hydrogen-bond donors (Lipinski definition) is 1. The van der Waals surface area contributed by atoms with E-state index in [1.165, 1.54) is 55.3 Å². The molecule has 3 atom stereocenters.